The van der Waals surface area contributed by atoms with Crippen molar-refractivity contribution in [1.29, 1.82) is 5.41 Å². The summed E-state index contributed by atoms with van der Waals surface area (Å²) in [6, 6.07) is 1.51. The normalized spacial score (nSPS) is 22.6. The largest absolute Gasteiger partial charge is 0.359 e. The van der Waals surface area contributed by atoms with Crippen molar-refractivity contribution >= 4 is 27.8 Å². The Labute approximate surface area is 126 Å². The lowest BCUT2D eigenvalue weighted by Gasteiger charge is -2.26. The molecule has 2 N–H and O–H groups in total. The monoisotopic (exact) mass is 340 g/mol. The molecule has 1 atom stereocenters. The van der Waals surface area contributed by atoms with Crippen molar-refractivity contribution in [2.24, 2.45) is 0 Å². The summed E-state index contributed by atoms with van der Waals surface area (Å²) in [4.78, 5) is 0. The molecule has 0 aromatic heterocycles. The standard InChI is InChI=1S/C15H18BrFN2O/c16-15-10(8-18)12(19-13-3-1-2-6-20-13)7-11(17)14(15)9-4-5-9/h7-9,13,18-19H,1-6H2. The number of nitrogens with one attached hydrogen (secondary N) is 2. The lowest BCUT2D eigenvalue weighted by Crippen LogP contribution is -2.27. The van der Waals surface area contributed by atoms with Crippen molar-refractivity contribution in [3.8, 4) is 0 Å². The van der Waals surface area contributed by atoms with Gasteiger partial charge in [0.05, 0.1) is 0 Å². The van der Waals surface area contributed by atoms with Gasteiger partial charge in [0.25, 0.3) is 0 Å². The van der Waals surface area contributed by atoms with E-state index in [1.54, 1.807) is 0 Å². The van der Waals surface area contributed by atoms with Crippen molar-refractivity contribution < 1.29 is 9.13 Å². The van der Waals surface area contributed by atoms with Gasteiger partial charge in [-0.15, -0.1) is 0 Å². The Morgan fingerprint density at radius 2 is 2.15 bits per heavy atom. The second-order valence-corrected chi connectivity index (χ2v) is 6.26. The van der Waals surface area contributed by atoms with E-state index in [2.05, 4.69) is 21.2 Å². The van der Waals surface area contributed by atoms with Gasteiger partial charge >= 0.3 is 0 Å². The van der Waals surface area contributed by atoms with Crippen LogP contribution in [0.4, 0.5) is 10.1 Å². The predicted octanol–water partition coefficient (Wildman–Crippen LogP) is 4.40. The Morgan fingerprint density at radius 1 is 1.35 bits per heavy atom. The highest BCUT2D eigenvalue weighted by molar-refractivity contribution is 9.10. The maximum atomic E-state index is 14.3. The molecule has 2 aliphatic rings. The highest BCUT2D eigenvalue weighted by Gasteiger charge is 2.31. The summed E-state index contributed by atoms with van der Waals surface area (Å²) in [5.41, 5.74) is 2.07. The molecule has 0 spiro atoms. The molecule has 3 rings (SSSR count). The van der Waals surface area contributed by atoms with Crippen LogP contribution in [0.15, 0.2) is 10.5 Å². The second kappa shape index (κ2) is 5.82. The minimum atomic E-state index is -0.191. The third-order valence-electron chi connectivity index (χ3n) is 3.92. The van der Waals surface area contributed by atoms with Crippen LogP contribution >= 0.6 is 15.9 Å². The van der Waals surface area contributed by atoms with E-state index in [4.69, 9.17) is 10.1 Å². The Hall–Kier alpha value is -0.940. The van der Waals surface area contributed by atoms with E-state index in [9.17, 15) is 4.39 Å². The zero-order valence-corrected chi connectivity index (χ0v) is 12.8. The Balaban J connectivity index is 1.91. The topological polar surface area (TPSA) is 45.1 Å². The minimum Gasteiger partial charge on any atom is -0.359 e. The van der Waals surface area contributed by atoms with E-state index in [0.717, 1.165) is 44.3 Å². The molecule has 1 aromatic carbocycles. The summed E-state index contributed by atoms with van der Waals surface area (Å²) in [5, 5.41) is 10.8. The van der Waals surface area contributed by atoms with Gasteiger partial charge in [0, 0.05) is 34.1 Å². The number of benzene rings is 1. The number of halogens is 2. The fourth-order valence-corrected chi connectivity index (χ4v) is 3.53. The molecule has 1 saturated carbocycles. The van der Waals surface area contributed by atoms with Crippen LogP contribution in [-0.4, -0.2) is 19.0 Å². The maximum Gasteiger partial charge on any atom is 0.129 e. The van der Waals surface area contributed by atoms with Crippen molar-refractivity contribution in [1.82, 2.24) is 0 Å². The molecular formula is C15H18BrFN2O. The molecule has 0 bridgehead atoms. The van der Waals surface area contributed by atoms with E-state index < -0.39 is 0 Å². The number of rotatable bonds is 4. The Morgan fingerprint density at radius 3 is 2.75 bits per heavy atom. The summed E-state index contributed by atoms with van der Waals surface area (Å²) >= 11 is 3.48. The molecule has 0 radical (unpaired) electrons. The van der Waals surface area contributed by atoms with Crippen LogP contribution in [0.2, 0.25) is 0 Å². The molecule has 3 nitrogen and oxygen atoms in total. The summed E-state index contributed by atoms with van der Waals surface area (Å²) in [5.74, 6) is 0.117. The molecule has 20 heavy (non-hydrogen) atoms. The Bertz CT molecular complexity index is 525. The SMILES string of the molecule is N=Cc1c(NC2CCCCO2)cc(F)c(C2CC2)c1Br. The van der Waals surface area contributed by atoms with Gasteiger partial charge in [0.15, 0.2) is 0 Å². The zero-order valence-electron chi connectivity index (χ0n) is 11.2. The Kier molecular flexibility index (Phi) is 4.08. The first-order valence-electron chi connectivity index (χ1n) is 7.11. The van der Waals surface area contributed by atoms with Gasteiger partial charge in [-0.05, 0) is 60.0 Å². The van der Waals surface area contributed by atoms with Crippen LogP contribution in [0.5, 0.6) is 0 Å². The van der Waals surface area contributed by atoms with Gasteiger partial charge < -0.3 is 15.5 Å². The molecule has 1 heterocycles. The first-order chi connectivity index (χ1) is 9.70. The van der Waals surface area contributed by atoms with Gasteiger partial charge in [-0.1, -0.05) is 0 Å². The zero-order chi connectivity index (χ0) is 14.1. The number of hydrogen-bond acceptors (Lipinski definition) is 3. The van der Waals surface area contributed by atoms with Crippen LogP contribution in [0.3, 0.4) is 0 Å². The van der Waals surface area contributed by atoms with E-state index in [1.807, 2.05) is 0 Å². The number of ether oxygens (including phenoxy) is 1. The first-order valence-corrected chi connectivity index (χ1v) is 7.90. The molecule has 5 heteroatoms. The predicted molar refractivity (Wildman–Crippen MR) is 81.2 cm³/mol. The van der Waals surface area contributed by atoms with Gasteiger partial charge in [-0.25, -0.2) is 4.39 Å². The second-order valence-electron chi connectivity index (χ2n) is 5.47. The van der Waals surface area contributed by atoms with Crippen LogP contribution in [-0.2, 0) is 4.74 Å². The minimum absolute atomic E-state index is 0.0828. The molecule has 1 aromatic rings. The third kappa shape index (κ3) is 2.74. The average molecular weight is 341 g/mol. The van der Waals surface area contributed by atoms with Gasteiger partial charge in [0.2, 0.25) is 0 Å². The molecule has 1 saturated heterocycles. The molecular weight excluding hydrogens is 323 g/mol. The highest BCUT2D eigenvalue weighted by Crippen LogP contribution is 2.46. The first kappa shape index (κ1) is 14.0. The lowest BCUT2D eigenvalue weighted by molar-refractivity contribution is 0.0343. The highest BCUT2D eigenvalue weighted by atomic mass is 79.9. The smallest absolute Gasteiger partial charge is 0.129 e. The van der Waals surface area contributed by atoms with E-state index in [0.29, 0.717) is 21.6 Å². The number of anilines is 1. The molecule has 1 unspecified atom stereocenters. The van der Waals surface area contributed by atoms with Crippen LogP contribution in [0.1, 0.15) is 49.1 Å². The van der Waals surface area contributed by atoms with Crippen LogP contribution in [0.25, 0.3) is 0 Å². The fourth-order valence-electron chi connectivity index (χ4n) is 2.69. The average Bonchev–Trinajstić information content (AvgIpc) is 3.24. The summed E-state index contributed by atoms with van der Waals surface area (Å²) in [6.07, 6.45) is 6.37. The summed E-state index contributed by atoms with van der Waals surface area (Å²) in [7, 11) is 0. The molecule has 1 aliphatic heterocycles. The molecule has 1 aliphatic carbocycles. The summed E-state index contributed by atoms with van der Waals surface area (Å²) < 4.78 is 20.6. The fraction of sp³-hybridized carbons (Fsp3) is 0.533. The molecule has 108 valence electrons. The van der Waals surface area contributed by atoms with Gasteiger partial charge in [-0.3, -0.25) is 0 Å². The van der Waals surface area contributed by atoms with Gasteiger partial charge in [-0.2, -0.15) is 0 Å². The van der Waals surface area contributed by atoms with Crippen molar-refractivity contribution in [3.05, 3.63) is 27.5 Å². The molecule has 2 fully saturated rings. The van der Waals surface area contributed by atoms with E-state index in [1.165, 1.54) is 12.3 Å². The van der Waals surface area contributed by atoms with Crippen LogP contribution in [0, 0.1) is 11.2 Å². The third-order valence-corrected chi connectivity index (χ3v) is 4.77. The van der Waals surface area contributed by atoms with Crippen LogP contribution < -0.4 is 5.32 Å². The van der Waals surface area contributed by atoms with Crippen molar-refractivity contribution in [2.45, 2.75) is 44.2 Å². The van der Waals surface area contributed by atoms with Gasteiger partial charge in [0.1, 0.15) is 12.0 Å². The van der Waals surface area contributed by atoms with E-state index in [-0.39, 0.29) is 12.0 Å². The maximum absolute atomic E-state index is 14.3. The molecule has 0 amide bonds. The summed E-state index contributed by atoms with van der Waals surface area (Å²) in [6.45, 7) is 0.737. The number of hydrogen-bond donors (Lipinski definition) is 2. The van der Waals surface area contributed by atoms with E-state index >= 15 is 0 Å². The lowest BCUT2D eigenvalue weighted by atomic mass is 10.0. The quantitative estimate of drug-likeness (QED) is 0.797. The van der Waals surface area contributed by atoms with Crippen molar-refractivity contribution in [2.75, 3.05) is 11.9 Å². The van der Waals surface area contributed by atoms with Crippen molar-refractivity contribution in [3.63, 3.8) is 0 Å².